The maximum atomic E-state index is 4.53. The third kappa shape index (κ3) is 1.80. The van der Waals surface area contributed by atoms with Gasteiger partial charge in [0.2, 0.25) is 0 Å². The van der Waals surface area contributed by atoms with Crippen LogP contribution in [0.3, 0.4) is 0 Å². The van der Waals surface area contributed by atoms with Crippen molar-refractivity contribution in [2.24, 2.45) is 23.7 Å². The molecule has 4 aliphatic carbocycles. The van der Waals surface area contributed by atoms with Crippen LogP contribution in [0.1, 0.15) is 48.8 Å². The van der Waals surface area contributed by atoms with E-state index < -0.39 is 0 Å². The second-order valence-electron chi connectivity index (χ2n) is 9.64. The number of aryl methyl sites for hydroxylation is 1. The van der Waals surface area contributed by atoms with Crippen molar-refractivity contribution in [1.29, 1.82) is 0 Å². The number of piperidine rings is 1. The van der Waals surface area contributed by atoms with Gasteiger partial charge in [-0.05, 0) is 86.8 Å². The van der Waals surface area contributed by atoms with Gasteiger partial charge in [0.05, 0.1) is 0 Å². The lowest BCUT2D eigenvalue weighted by atomic mass is 9.51. The smallest absolute Gasteiger partial charge is 0.0176 e. The van der Waals surface area contributed by atoms with Crippen molar-refractivity contribution in [2.45, 2.75) is 56.9 Å². The monoisotopic (exact) mass is 319 g/mol. The second kappa shape index (κ2) is 4.55. The van der Waals surface area contributed by atoms with Gasteiger partial charge in [0.25, 0.3) is 0 Å². The van der Waals surface area contributed by atoms with Gasteiger partial charge < -0.3 is 0 Å². The van der Waals surface area contributed by atoms with Crippen LogP contribution in [-0.2, 0) is 11.8 Å². The van der Waals surface area contributed by atoms with Crippen LogP contribution in [0.4, 0.5) is 0 Å². The Bertz CT molecular complexity index is 730. The number of nitrogens with zero attached hydrogens (tertiary/aromatic N) is 1. The summed E-state index contributed by atoms with van der Waals surface area (Å²) in [5.74, 6) is 3.75. The standard InChI is InChI=1S/C23H29N/c1-14-3-6-17-10-21-22-19-11-18(19)15(2)12-23(22,20(17)9-14)7-8-24(21)13-16-4-5-16/h3,6,9,16,18-19,21-22H,2,4-5,7-8,10-13H2,1H3/t18?,19?,21?,22?,23-/m1/s1. The Hall–Kier alpha value is -1.08. The van der Waals surface area contributed by atoms with Crippen LogP contribution in [-0.4, -0.2) is 24.0 Å². The van der Waals surface area contributed by atoms with Crippen LogP contribution in [0.5, 0.6) is 0 Å². The van der Waals surface area contributed by atoms with Crippen LogP contribution < -0.4 is 0 Å². The second-order valence-corrected chi connectivity index (χ2v) is 9.64. The molecule has 5 atom stereocenters. The third-order valence-electron chi connectivity index (χ3n) is 8.16. The largest absolute Gasteiger partial charge is 0.299 e. The number of fused-ring (bicyclic) bond motifs is 2. The molecular weight excluding hydrogens is 290 g/mol. The Morgan fingerprint density at radius 2 is 2.17 bits per heavy atom. The van der Waals surface area contributed by atoms with Crippen molar-refractivity contribution in [3.8, 4) is 0 Å². The Morgan fingerprint density at radius 1 is 1.29 bits per heavy atom. The quantitative estimate of drug-likeness (QED) is 0.726. The van der Waals surface area contributed by atoms with Crippen molar-refractivity contribution in [1.82, 2.24) is 4.90 Å². The van der Waals surface area contributed by atoms with Gasteiger partial charge in [-0.2, -0.15) is 0 Å². The van der Waals surface area contributed by atoms with E-state index in [1.54, 1.807) is 16.7 Å². The molecular formula is C23H29N. The Morgan fingerprint density at radius 3 is 3.00 bits per heavy atom. The first kappa shape index (κ1) is 14.1. The van der Waals surface area contributed by atoms with E-state index in [9.17, 15) is 0 Å². The van der Waals surface area contributed by atoms with E-state index in [1.165, 1.54) is 57.2 Å². The zero-order valence-corrected chi connectivity index (χ0v) is 14.9. The lowest BCUT2D eigenvalue weighted by Gasteiger charge is -2.59. The van der Waals surface area contributed by atoms with Crippen LogP contribution >= 0.6 is 0 Å². The molecule has 1 aromatic rings. The average molecular weight is 319 g/mol. The third-order valence-corrected chi connectivity index (χ3v) is 8.16. The van der Waals surface area contributed by atoms with Crippen molar-refractivity contribution in [3.05, 3.63) is 47.0 Å². The number of hydrogen-bond acceptors (Lipinski definition) is 1. The first-order chi connectivity index (χ1) is 11.7. The minimum atomic E-state index is 0.430. The number of benzene rings is 1. The summed E-state index contributed by atoms with van der Waals surface area (Å²) in [7, 11) is 0. The molecule has 0 spiro atoms. The van der Waals surface area contributed by atoms with Gasteiger partial charge in [0, 0.05) is 18.0 Å². The summed E-state index contributed by atoms with van der Waals surface area (Å²) in [5, 5.41) is 0. The number of hydrogen-bond donors (Lipinski definition) is 0. The van der Waals surface area contributed by atoms with Crippen molar-refractivity contribution < 1.29 is 0 Å². The molecule has 3 saturated carbocycles. The van der Waals surface area contributed by atoms with Gasteiger partial charge in [-0.15, -0.1) is 0 Å². The summed E-state index contributed by atoms with van der Waals surface area (Å²) in [6.07, 6.45) is 8.38. The van der Waals surface area contributed by atoms with Crippen molar-refractivity contribution in [2.75, 3.05) is 13.1 Å². The molecule has 0 aromatic heterocycles. The van der Waals surface area contributed by atoms with Gasteiger partial charge >= 0.3 is 0 Å². The summed E-state index contributed by atoms with van der Waals surface area (Å²) in [5.41, 5.74) is 6.85. The molecule has 1 heteroatoms. The Balaban J connectivity index is 1.49. The van der Waals surface area contributed by atoms with Gasteiger partial charge in [0.1, 0.15) is 0 Å². The van der Waals surface area contributed by atoms with Gasteiger partial charge in [-0.25, -0.2) is 0 Å². The SMILES string of the molecule is C=C1C[C@]23CCN(CC4CC4)C(Cc4ccc(C)cc42)C3C2CC12. The van der Waals surface area contributed by atoms with Crippen LogP contribution in [0.2, 0.25) is 0 Å². The van der Waals surface area contributed by atoms with E-state index in [1.807, 2.05) is 0 Å². The first-order valence-corrected chi connectivity index (χ1v) is 10.2. The van der Waals surface area contributed by atoms with Crippen molar-refractivity contribution in [3.63, 3.8) is 0 Å². The zero-order valence-electron chi connectivity index (χ0n) is 14.9. The molecule has 6 rings (SSSR count). The predicted molar refractivity (Wildman–Crippen MR) is 98.1 cm³/mol. The van der Waals surface area contributed by atoms with Crippen molar-refractivity contribution >= 4 is 0 Å². The molecule has 126 valence electrons. The highest BCUT2D eigenvalue weighted by Crippen LogP contribution is 2.67. The summed E-state index contributed by atoms with van der Waals surface area (Å²) in [6.45, 7) is 9.52. The highest BCUT2D eigenvalue weighted by Gasteiger charge is 2.64. The average Bonchev–Trinajstić information content (AvgIpc) is 3.44. The molecule has 1 nitrogen and oxygen atoms in total. The van der Waals surface area contributed by atoms with Gasteiger partial charge in [0.15, 0.2) is 0 Å². The predicted octanol–water partition coefficient (Wildman–Crippen LogP) is 4.49. The summed E-state index contributed by atoms with van der Waals surface area (Å²) in [4.78, 5) is 2.92. The normalized spacial score (nSPS) is 43.0. The molecule has 4 fully saturated rings. The molecule has 1 heterocycles. The fraction of sp³-hybridized carbons (Fsp3) is 0.652. The highest BCUT2D eigenvalue weighted by atomic mass is 15.2. The summed E-state index contributed by atoms with van der Waals surface area (Å²) < 4.78 is 0. The van der Waals surface area contributed by atoms with Gasteiger partial charge in [-0.3, -0.25) is 4.90 Å². The molecule has 24 heavy (non-hydrogen) atoms. The maximum Gasteiger partial charge on any atom is 0.0176 e. The first-order valence-electron chi connectivity index (χ1n) is 10.2. The minimum absolute atomic E-state index is 0.430. The van der Waals surface area contributed by atoms with E-state index in [4.69, 9.17) is 0 Å². The van der Waals surface area contributed by atoms with Crippen LogP contribution in [0.15, 0.2) is 30.4 Å². The fourth-order valence-electron chi connectivity index (χ4n) is 6.87. The molecule has 1 aliphatic heterocycles. The number of likely N-dealkylation sites (tertiary alicyclic amines) is 1. The van der Waals surface area contributed by atoms with Gasteiger partial charge in [-0.1, -0.05) is 35.9 Å². The molecule has 1 saturated heterocycles. The topological polar surface area (TPSA) is 3.24 Å². The molecule has 0 N–H and O–H groups in total. The molecule has 0 radical (unpaired) electrons. The molecule has 0 amide bonds. The zero-order chi connectivity index (χ0) is 16.1. The molecule has 5 aliphatic rings. The Labute approximate surface area is 146 Å². The van der Waals surface area contributed by atoms with E-state index in [-0.39, 0.29) is 0 Å². The molecule has 4 unspecified atom stereocenters. The van der Waals surface area contributed by atoms with E-state index >= 15 is 0 Å². The van der Waals surface area contributed by atoms with Crippen LogP contribution in [0.25, 0.3) is 0 Å². The number of rotatable bonds is 2. The lowest BCUT2D eigenvalue weighted by Crippen LogP contribution is -2.62. The van der Waals surface area contributed by atoms with E-state index in [0.717, 1.165) is 29.7 Å². The van der Waals surface area contributed by atoms with E-state index in [0.29, 0.717) is 5.41 Å². The summed E-state index contributed by atoms with van der Waals surface area (Å²) >= 11 is 0. The maximum absolute atomic E-state index is 4.53. The lowest BCUT2D eigenvalue weighted by molar-refractivity contribution is -0.0110. The van der Waals surface area contributed by atoms with Crippen LogP contribution in [0, 0.1) is 30.6 Å². The Kier molecular flexibility index (Phi) is 2.68. The molecule has 2 bridgehead atoms. The fourth-order valence-corrected chi connectivity index (χ4v) is 6.87. The molecule has 1 aromatic carbocycles. The van der Waals surface area contributed by atoms with E-state index in [2.05, 4.69) is 36.6 Å². The highest BCUT2D eigenvalue weighted by molar-refractivity contribution is 5.47. The summed E-state index contributed by atoms with van der Waals surface area (Å²) in [6, 6.07) is 8.16. The number of allylic oxidation sites excluding steroid dienone is 1. The minimum Gasteiger partial charge on any atom is -0.299 e.